The van der Waals surface area contributed by atoms with Gasteiger partial charge in [0.25, 0.3) is 0 Å². The standard InChI is InChI=1S/C22H41N2.K/c1-15(2)20-18(11-13-23(7)8)21(16(3)4)22(17(5)6)19(20)12-14-24(9)10;/h15-17H,11-14H2,1-10H3;. The molecule has 0 saturated carbocycles. The summed E-state index contributed by atoms with van der Waals surface area (Å²) in [4.78, 5) is 4.71. The maximum atomic E-state index is 2.43. The molecule has 3 heteroatoms. The number of hydrogen-bond acceptors (Lipinski definition) is 2. The first-order valence-electron chi connectivity index (χ1n) is 10.2. The van der Waals surface area contributed by atoms with Crippen molar-refractivity contribution < 1.29 is 0 Å². The fourth-order valence-electron chi connectivity index (χ4n) is 5.00. The van der Waals surface area contributed by atoms with Gasteiger partial charge in [-0.05, 0) is 0 Å². The molecule has 25 heavy (non-hydrogen) atoms. The van der Waals surface area contributed by atoms with Crippen molar-refractivity contribution >= 4 is 49.0 Å². The minimum atomic E-state index is 0.404. The third-order valence-electron chi connectivity index (χ3n) is 5.73. The molecule has 0 amide bonds. The van der Waals surface area contributed by atoms with Gasteiger partial charge in [0, 0.05) is 0 Å². The molecular formula is C22H41KN2. The fraction of sp³-hybridized carbons (Fsp3) is 0.818. The van der Waals surface area contributed by atoms with Crippen molar-refractivity contribution in [3.63, 3.8) is 0 Å². The SMILES string of the molecule is CC(C)C1=C(C(C)C)[C]([K])(CCN(C)C)C(C(C)C)=C1CCN(C)C. The van der Waals surface area contributed by atoms with Crippen LogP contribution in [0, 0.1) is 17.8 Å². The van der Waals surface area contributed by atoms with Crippen molar-refractivity contribution in [2.24, 2.45) is 17.8 Å². The molecule has 1 aliphatic rings. The van der Waals surface area contributed by atoms with Gasteiger partial charge in [0.05, 0.1) is 0 Å². The fourth-order valence-corrected chi connectivity index (χ4v) is 8.04. The number of hydrogen-bond donors (Lipinski definition) is 0. The van der Waals surface area contributed by atoms with E-state index in [0.29, 0.717) is 17.3 Å². The monoisotopic (exact) mass is 372 g/mol. The Morgan fingerprint density at radius 3 is 1.60 bits per heavy atom. The van der Waals surface area contributed by atoms with Crippen molar-refractivity contribution in [1.29, 1.82) is 0 Å². The molecule has 1 aliphatic carbocycles. The van der Waals surface area contributed by atoms with E-state index in [-0.39, 0.29) is 0 Å². The normalized spacial score (nSPS) is 22.1. The van der Waals surface area contributed by atoms with Gasteiger partial charge in [0.2, 0.25) is 0 Å². The van der Waals surface area contributed by atoms with E-state index in [4.69, 9.17) is 0 Å². The van der Waals surface area contributed by atoms with E-state index >= 15 is 0 Å². The Hall–Kier alpha value is 1.04. The third kappa shape index (κ3) is 5.76. The molecule has 0 bridgehead atoms. The van der Waals surface area contributed by atoms with Gasteiger partial charge < -0.3 is 0 Å². The van der Waals surface area contributed by atoms with Crippen LogP contribution in [0.5, 0.6) is 0 Å². The molecule has 0 heterocycles. The van der Waals surface area contributed by atoms with E-state index in [2.05, 4.69) is 79.5 Å². The Labute approximate surface area is 192 Å². The molecular weight excluding hydrogens is 331 g/mol. The topological polar surface area (TPSA) is 6.48 Å². The molecule has 2 nitrogen and oxygen atoms in total. The molecule has 0 saturated heterocycles. The van der Waals surface area contributed by atoms with E-state index in [1.807, 2.05) is 11.1 Å². The molecule has 0 spiro atoms. The summed E-state index contributed by atoms with van der Waals surface area (Å²) in [5, 5.41) is 0. The summed E-state index contributed by atoms with van der Waals surface area (Å²) >= 11 is 0.759. The molecule has 0 aromatic carbocycles. The Kier molecular flexibility index (Phi) is 9.63. The van der Waals surface area contributed by atoms with E-state index in [9.17, 15) is 0 Å². The second-order valence-corrected chi connectivity index (χ2v) is 12.3. The van der Waals surface area contributed by atoms with Crippen LogP contribution in [0.15, 0.2) is 22.3 Å². The van der Waals surface area contributed by atoms with Gasteiger partial charge in [-0.3, -0.25) is 0 Å². The number of nitrogens with zero attached hydrogens (tertiary/aromatic N) is 2. The summed E-state index contributed by atoms with van der Waals surface area (Å²) in [6.45, 7) is 16.9. The van der Waals surface area contributed by atoms with Crippen LogP contribution in [-0.4, -0.2) is 100 Å². The minimum absolute atomic E-state index is 0.404. The van der Waals surface area contributed by atoms with Gasteiger partial charge >= 0.3 is 194 Å². The van der Waals surface area contributed by atoms with E-state index in [1.165, 1.54) is 19.4 Å². The molecule has 0 fully saturated rings. The summed E-state index contributed by atoms with van der Waals surface area (Å²) in [6, 6.07) is 0. The van der Waals surface area contributed by atoms with Crippen LogP contribution >= 0.6 is 0 Å². The van der Waals surface area contributed by atoms with Crippen molar-refractivity contribution in [1.82, 2.24) is 9.80 Å². The van der Waals surface area contributed by atoms with Crippen LogP contribution in [0.25, 0.3) is 0 Å². The van der Waals surface area contributed by atoms with Gasteiger partial charge in [-0.15, -0.1) is 0 Å². The van der Waals surface area contributed by atoms with E-state index in [1.54, 1.807) is 11.1 Å². The van der Waals surface area contributed by atoms with Gasteiger partial charge in [-0.25, -0.2) is 0 Å². The van der Waals surface area contributed by atoms with Crippen LogP contribution in [0.4, 0.5) is 0 Å². The van der Waals surface area contributed by atoms with E-state index in [0.717, 1.165) is 55.5 Å². The molecule has 0 aromatic heterocycles. The molecule has 0 aliphatic heterocycles. The molecule has 1 unspecified atom stereocenters. The molecule has 140 valence electrons. The second-order valence-electron chi connectivity index (χ2n) is 9.62. The second kappa shape index (κ2) is 10.00. The predicted octanol–water partition coefficient (Wildman–Crippen LogP) is 4.79. The Morgan fingerprint density at radius 1 is 0.760 bits per heavy atom. The third-order valence-corrected chi connectivity index (χ3v) is 8.19. The first-order valence-corrected chi connectivity index (χ1v) is 11.8. The first-order chi connectivity index (χ1) is 11.4. The summed E-state index contributed by atoms with van der Waals surface area (Å²) in [7, 11) is 8.85. The van der Waals surface area contributed by atoms with Gasteiger partial charge in [-0.1, -0.05) is 0 Å². The van der Waals surface area contributed by atoms with Crippen LogP contribution in [0.2, 0.25) is -0.490 Å². The molecule has 1 atom stereocenters. The van der Waals surface area contributed by atoms with Crippen LogP contribution < -0.4 is 0 Å². The van der Waals surface area contributed by atoms with Gasteiger partial charge in [0.15, 0.2) is 0 Å². The van der Waals surface area contributed by atoms with Crippen molar-refractivity contribution in [3.05, 3.63) is 22.3 Å². The summed E-state index contributed by atoms with van der Waals surface area (Å²) < 4.78 is 0.404. The summed E-state index contributed by atoms with van der Waals surface area (Å²) in [6.07, 6.45) is 2.52. The Bertz CT molecular complexity index is 512. The zero-order chi connectivity index (χ0) is 19.5. The van der Waals surface area contributed by atoms with Crippen LogP contribution in [0.1, 0.15) is 54.4 Å². The molecule has 1 rings (SSSR count). The average Bonchev–Trinajstić information content (AvgIpc) is 2.72. The van der Waals surface area contributed by atoms with Crippen LogP contribution in [-0.2, 0) is 0 Å². The van der Waals surface area contributed by atoms with Gasteiger partial charge in [0.1, 0.15) is 0 Å². The Morgan fingerprint density at radius 2 is 1.24 bits per heavy atom. The number of allylic oxidation sites excluding steroid dienone is 3. The van der Waals surface area contributed by atoms with Crippen molar-refractivity contribution in [2.75, 3.05) is 41.3 Å². The predicted molar refractivity (Wildman–Crippen MR) is 113 cm³/mol. The zero-order valence-corrected chi connectivity index (χ0v) is 22.1. The summed E-state index contributed by atoms with van der Waals surface area (Å²) in [5.74, 6) is 1.94. The summed E-state index contributed by atoms with van der Waals surface area (Å²) in [5.41, 5.74) is 7.08. The first kappa shape index (κ1) is 24.1. The van der Waals surface area contributed by atoms with Crippen LogP contribution in [0.3, 0.4) is 0 Å². The average molecular weight is 373 g/mol. The number of rotatable bonds is 9. The quantitative estimate of drug-likeness (QED) is 0.537. The van der Waals surface area contributed by atoms with Crippen molar-refractivity contribution in [3.8, 4) is 0 Å². The maximum absolute atomic E-state index is 2.43. The van der Waals surface area contributed by atoms with Crippen molar-refractivity contribution in [2.45, 2.75) is 53.9 Å². The molecule has 0 aromatic rings. The van der Waals surface area contributed by atoms with E-state index < -0.39 is 0 Å². The Balaban J connectivity index is 3.56. The molecule has 0 radical (unpaired) electrons. The zero-order valence-electron chi connectivity index (χ0n) is 19.0. The van der Waals surface area contributed by atoms with Gasteiger partial charge in [-0.2, -0.15) is 0 Å². The molecule has 0 N–H and O–H groups in total.